The lowest BCUT2D eigenvalue weighted by atomic mass is 9.72. The summed E-state index contributed by atoms with van der Waals surface area (Å²) in [6.07, 6.45) is 11.7. The maximum atomic E-state index is 3.69. The van der Waals surface area contributed by atoms with Crippen LogP contribution in [0.4, 0.5) is 0 Å². The molecule has 0 spiro atoms. The summed E-state index contributed by atoms with van der Waals surface area (Å²) in [6, 6.07) is 0.807. The molecule has 5 atom stereocenters. The van der Waals surface area contributed by atoms with Gasteiger partial charge in [0.25, 0.3) is 0 Å². The summed E-state index contributed by atoms with van der Waals surface area (Å²) >= 11 is 0. The molecule has 2 aliphatic rings. The van der Waals surface area contributed by atoms with Gasteiger partial charge in [-0.1, -0.05) is 46.0 Å². The van der Waals surface area contributed by atoms with E-state index in [1.54, 1.807) is 0 Å². The highest BCUT2D eigenvalue weighted by atomic mass is 14.9. The van der Waals surface area contributed by atoms with Gasteiger partial charge in [0.2, 0.25) is 0 Å². The van der Waals surface area contributed by atoms with Crippen molar-refractivity contribution < 1.29 is 0 Å². The minimum atomic E-state index is 0.807. The third-order valence-corrected chi connectivity index (χ3v) is 5.63. The van der Waals surface area contributed by atoms with Gasteiger partial charge in [-0.05, 0) is 50.0 Å². The third-order valence-electron chi connectivity index (χ3n) is 5.63. The molecule has 2 aliphatic carbocycles. The van der Waals surface area contributed by atoms with Gasteiger partial charge in [-0.3, -0.25) is 0 Å². The Morgan fingerprint density at radius 2 is 1.88 bits per heavy atom. The fraction of sp³-hybridized carbons (Fsp3) is 1.00. The van der Waals surface area contributed by atoms with E-state index < -0.39 is 0 Å². The average Bonchev–Trinajstić information content (AvgIpc) is 2.77. The molecule has 2 fully saturated rings. The average molecular weight is 237 g/mol. The number of rotatable bonds is 4. The van der Waals surface area contributed by atoms with Gasteiger partial charge in [0.05, 0.1) is 0 Å². The van der Waals surface area contributed by atoms with Crippen molar-refractivity contribution in [1.29, 1.82) is 0 Å². The zero-order valence-corrected chi connectivity index (χ0v) is 12.0. The fourth-order valence-corrected chi connectivity index (χ4v) is 4.54. The van der Waals surface area contributed by atoms with E-state index in [-0.39, 0.29) is 0 Å². The highest BCUT2D eigenvalue weighted by Crippen LogP contribution is 2.41. The van der Waals surface area contributed by atoms with E-state index in [1.807, 2.05) is 0 Å². The van der Waals surface area contributed by atoms with Gasteiger partial charge < -0.3 is 5.32 Å². The molecule has 0 heterocycles. The highest BCUT2D eigenvalue weighted by Gasteiger charge is 2.36. The maximum Gasteiger partial charge on any atom is 0.0123 e. The monoisotopic (exact) mass is 237 g/mol. The van der Waals surface area contributed by atoms with Crippen molar-refractivity contribution >= 4 is 0 Å². The molecule has 0 amide bonds. The minimum Gasteiger partial charge on any atom is -0.316 e. The van der Waals surface area contributed by atoms with E-state index >= 15 is 0 Å². The van der Waals surface area contributed by atoms with E-state index in [0.717, 1.165) is 29.7 Å². The Morgan fingerprint density at radius 1 is 1.12 bits per heavy atom. The van der Waals surface area contributed by atoms with Gasteiger partial charge in [0.15, 0.2) is 0 Å². The van der Waals surface area contributed by atoms with Crippen LogP contribution in [0.15, 0.2) is 0 Å². The minimum absolute atomic E-state index is 0.807. The first kappa shape index (κ1) is 13.4. The second-order valence-electron chi connectivity index (χ2n) is 6.59. The number of nitrogens with one attached hydrogen (secondary N) is 1. The molecule has 0 aromatic heterocycles. The van der Waals surface area contributed by atoms with Crippen molar-refractivity contribution in [2.45, 2.75) is 71.3 Å². The molecule has 1 nitrogen and oxygen atoms in total. The quantitative estimate of drug-likeness (QED) is 0.771. The van der Waals surface area contributed by atoms with E-state index in [4.69, 9.17) is 0 Å². The lowest BCUT2D eigenvalue weighted by Gasteiger charge is -2.38. The molecule has 17 heavy (non-hydrogen) atoms. The van der Waals surface area contributed by atoms with Gasteiger partial charge in [0.1, 0.15) is 0 Å². The molecule has 1 heteroatoms. The summed E-state index contributed by atoms with van der Waals surface area (Å²) in [5.41, 5.74) is 0. The molecule has 100 valence electrons. The van der Waals surface area contributed by atoms with Gasteiger partial charge in [-0.25, -0.2) is 0 Å². The molecule has 0 bridgehead atoms. The lowest BCUT2D eigenvalue weighted by Crippen LogP contribution is -2.43. The predicted molar refractivity (Wildman–Crippen MR) is 75.1 cm³/mol. The van der Waals surface area contributed by atoms with Crippen molar-refractivity contribution in [3.8, 4) is 0 Å². The Labute approximate surface area is 108 Å². The largest absolute Gasteiger partial charge is 0.316 e. The van der Waals surface area contributed by atoms with Gasteiger partial charge in [-0.2, -0.15) is 0 Å². The van der Waals surface area contributed by atoms with Crippen LogP contribution in [-0.4, -0.2) is 13.1 Å². The summed E-state index contributed by atoms with van der Waals surface area (Å²) in [5.74, 6) is 3.89. The van der Waals surface area contributed by atoms with E-state index in [1.165, 1.54) is 51.4 Å². The van der Waals surface area contributed by atoms with Crippen LogP contribution >= 0.6 is 0 Å². The fourth-order valence-electron chi connectivity index (χ4n) is 4.54. The third kappa shape index (κ3) is 3.05. The molecular formula is C16H31N. The number of hydrogen-bond donors (Lipinski definition) is 1. The van der Waals surface area contributed by atoms with E-state index in [2.05, 4.69) is 26.2 Å². The summed E-state index contributed by atoms with van der Waals surface area (Å²) < 4.78 is 0. The molecule has 0 aliphatic heterocycles. The van der Waals surface area contributed by atoms with E-state index in [9.17, 15) is 0 Å². The summed E-state index contributed by atoms with van der Waals surface area (Å²) in [6.45, 7) is 4.85. The van der Waals surface area contributed by atoms with Crippen molar-refractivity contribution in [2.75, 3.05) is 7.05 Å². The van der Waals surface area contributed by atoms with Crippen LogP contribution in [0, 0.1) is 23.7 Å². The van der Waals surface area contributed by atoms with Crippen LogP contribution in [-0.2, 0) is 0 Å². The second kappa shape index (κ2) is 6.22. The molecule has 0 aromatic rings. The molecule has 0 saturated heterocycles. The van der Waals surface area contributed by atoms with Crippen molar-refractivity contribution in [2.24, 2.45) is 23.7 Å². The molecule has 0 aromatic carbocycles. The van der Waals surface area contributed by atoms with Crippen LogP contribution < -0.4 is 5.32 Å². The smallest absolute Gasteiger partial charge is 0.0123 e. The van der Waals surface area contributed by atoms with Crippen LogP contribution in [0.25, 0.3) is 0 Å². The molecule has 1 N–H and O–H groups in total. The topological polar surface area (TPSA) is 12.0 Å². The Balaban J connectivity index is 1.97. The molecule has 2 rings (SSSR count). The first-order valence-corrected chi connectivity index (χ1v) is 7.93. The first-order chi connectivity index (χ1) is 8.26. The van der Waals surface area contributed by atoms with E-state index in [0.29, 0.717) is 0 Å². The van der Waals surface area contributed by atoms with Gasteiger partial charge >= 0.3 is 0 Å². The zero-order chi connectivity index (χ0) is 12.3. The predicted octanol–water partition coefficient (Wildman–Crippen LogP) is 4.23. The van der Waals surface area contributed by atoms with Crippen molar-refractivity contribution in [3.63, 3.8) is 0 Å². The maximum absolute atomic E-state index is 3.69. The Morgan fingerprint density at radius 3 is 2.47 bits per heavy atom. The Kier molecular flexibility index (Phi) is 4.90. The van der Waals surface area contributed by atoms with Crippen LogP contribution in [0.3, 0.4) is 0 Å². The summed E-state index contributed by atoms with van der Waals surface area (Å²) in [7, 11) is 2.20. The summed E-state index contributed by atoms with van der Waals surface area (Å²) in [4.78, 5) is 0. The second-order valence-corrected chi connectivity index (χ2v) is 6.59. The van der Waals surface area contributed by atoms with Gasteiger partial charge in [-0.15, -0.1) is 0 Å². The standard InChI is InChI=1S/C16H31N/c1-4-13-8-6-9-14(11-13)16(17-3)15-10-5-7-12(15)2/h12-17H,4-11H2,1-3H3. The lowest BCUT2D eigenvalue weighted by molar-refractivity contribution is 0.157. The summed E-state index contributed by atoms with van der Waals surface area (Å²) in [5, 5.41) is 3.69. The molecule has 2 saturated carbocycles. The Bertz CT molecular complexity index is 226. The molecule has 5 unspecified atom stereocenters. The molecule has 0 radical (unpaired) electrons. The zero-order valence-electron chi connectivity index (χ0n) is 12.0. The Hall–Kier alpha value is -0.0400. The van der Waals surface area contributed by atoms with Crippen LogP contribution in [0.5, 0.6) is 0 Å². The van der Waals surface area contributed by atoms with Crippen molar-refractivity contribution in [3.05, 3.63) is 0 Å². The number of hydrogen-bond acceptors (Lipinski definition) is 1. The van der Waals surface area contributed by atoms with Crippen LogP contribution in [0.1, 0.15) is 65.2 Å². The normalized spacial score (nSPS) is 40.4. The van der Waals surface area contributed by atoms with Gasteiger partial charge in [0, 0.05) is 6.04 Å². The first-order valence-electron chi connectivity index (χ1n) is 7.93. The van der Waals surface area contributed by atoms with Crippen LogP contribution in [0.2, 0.25) is 0 Å². The van der Waals surface area contributed by atoms with Crippen molar-refractivity contribution in [1.82, 2.24) is 5.32 Å². The SMILES string of the molecule is CCC1CCCC(C(NC)C2CCCC2C)C1. The molecular weight excluding hydrogens is 206 g/mol. The highest BCUT2D eigenvalue weighted by molar-refractivity contribution is 4.90.